The summed E-state index contributed by atoms with van der Waals surface area (Å²) in [6.45, 7) is 0.324. The van der Waals surface area contributed by atoms with Crippen LogP contribution in [0.15, 0.2) is 12.4 Å². The number of methoxy groups -OCH3 is 1. The van der Waals surface area contributed by atoms with Crippen LogP contribution in [0, 0.1) is 0 Å². The molecule has 0 aromatic carbocycles. The van der Waals surface area contributed by atoms with Crippen LogP contribution in [0.25, 0.3) is 0 Å². The van der Waals surface area contributed by atoms with Crippen molar-refractivity contribution in [2.24, 2.45) is 0 Å². The van der Waals surface area contributed by atoms with Gasteiger partial charge in [0.05, 0.1) is 13.3 Å². The Bertz CT molecular complexity index is 321. The lowest BCUT2D eigenvalue weighted by molar-refractivity contribution is -0.157. The minimum absolute atomic E-state index is 0.324. The Morgan fingerprint density at radius 1 is 1.64 bits per heavy atom. The van der Waals surface area contributed by atoms with E-state index in [0.29, 0.717) is 6.54 Å². The summed E-state index contributed by atoms with van der Waals surface area (Å²) < 4.78 is 4.30. The number of carbonyl (C=O) groups excluding carboxylic acids is 2. The van der Waals surface area contributed by atoms with Gasteiger partial charge in [0.2, 0.25) is 0 Å². The minimum Gasteiger partial charge on any atom is -0.462 e. The lowest BCUT2D eigenvalue weighted by Gasteiger charge is -2.13. The Hall–Kier alpha value is -1.85. The van der Waals surface area contributed by atoms with E-state index in [1.807, 2.05) is 0 Å². The molecule has 1 amide bonds. The highest BCUT2D eigenvalue weighted by Gasteiger charge is 2.19. The molecule has 1 aromatic heterocycles. The molecule has 0 atom stereocenters. The molecular weight excluding hydrogens is 186 g/mol. The molecule has 0 aliphatic rings. The summed E-state index contributed by atoms with van der Waals surface area (Å²) in [5.41, 5.74) is 0.824. The van der Waals surface area contributed by atoms with Gasteiger partial charge in [-0.25, -0.2) is 4.79 Å². The fraction of sp³-hybridized carbons (Fsp3) is 0.375. The zero-order valence-corrected chi connectivity index (χ0v) is 7.98. The van der Waals surface area contributed by atoms with E-state index in [-0.39, 0.29) is 0 Å². The molecule has 0 saturated carbocycles. The number of nitrogens with one attached hydrogen (secondary N) is 1. The standard InChI is InChI=1S/C8H11N3O3/c1-11(7(12)8(13)14-2)5-6-3-9-10-4-6/h3-4H,5H2,1-2H3,(H,9,10). The highest BCUT2D eigenvalue weighted by atomic mass is 16.5. The summed E-state index contributed by atoms with van der Waals surface area (Å²) in [5.74, 6) is -1.54. The van der Waals surface area contributed by atoms with Crippen molar-refractivity contribution in [2.75, 3.05) is 14.2 Å². The first-order valence-electron chi connectivity index (χ1n) is 3.96. The van der Waals surface area contributed by atoms with Gasteiger partial charge in [-0.3, -0.25) is 9.89 Å². The maximum atomic E-state index is 11.2. The number of hydrogen-bond donors (Lipinski definition) is 1. The monoisotopic (exact) mass is 197 g/mol. The predicted octanol–water partition coefficient (Wildman–Crippen LogP) is -0.459. The van der Waals surface area contributed by atoms with Crippen molar-refractivity contribution < 1.29 is 14.3 Å². The summed E-state index contributed by atoms with van der Waals surface area (Å²) in [4.78, 5) is 23.3. The number of likely N-dealkylation sites (N-methyl/N-ethyl adjacent to an activating group) is 1. The first kappa shape index (κ1) is 10.2. The summed E-state index contributed by atoms with van der Waals surface area (Å²) in [6.07, 6.45) is 3.24. The number of esters is 1. The largest absolute Gasteiger partial charge is 0.462 e. The van der Waals surface area contributed by atoms with Crippen LogP contribution in [0.5, 0.6) is 0 Å². The van der Waals surface area contributed by atoms with E-state index in [2.05, 4.69) is 14.9 Å². The molecule has 0 aliphatic heterocycles. The molecule has 0 bridgehead atoms. The van der Waals surface area contributed by atoms with Gasteiger partial charge in [0.25, 0.3) is 0 Å². The van der Waals surface area contributed by atoms with Gasteiger partial charge >= 0.3 is 11.9 Å². The van der Waals surface area contributed by atoms with Crippen LogP contribution < -0.4 is 0 Å². The molecule has 0 unspecified atom stereocenters. The fourth-order valence-corrected chi connectivity index (χ4v) is 0.953. The van der Waals surface area contributed by atoms with Crippen LogP contribution in [-0.2, 0) is 20.9 Å². The van der Waals surface area contributed by atoms with Crippen LogP contribution in [0.2, 0.25) is 0 Å². The molecule has 0 saturated heterocycles. The van der Waals surface area contributed by atoms with Crippen molar-refractivity contribution in [1.82, 2.24) is 15.1 Å². The molecular formula is C8H11N3O3. The minimum atomic E-state index is -0.865. The third-order valence-corrected chi connectivity index (χ3v) is 1.68. The van der Waals surface area contributed by atoms with Crippen molar-refractivity contribution in [3.05, 3.63) is 18.0 Å². The van der Waals surface area contributed by atoms with Gasteiger partial charge in [-0.2, -0.15) is 5.10 Å². The van der Waals surface area contributed by atoms with Crippen LogP contribution in [-0.4, -0.2) is 41.1 Å². The number of hydrogen-bond acceptors (Lipinski definition) is 4. The second kappa shape index (κ2) is 4.40. The summed E-state index contributed by atoms with van der Waals surface area (Å²) in [5, 5.41) is 6.33. The molecule has 6 heteroatoms. The molecule has 6 nitrogen and oxygen atoms in total. The van der Waals surface area contributed by atoms with E-state index >= 15 is 0 Å². The molecule has 1 aromatic rings. The highest BCUT2D eigenvalue weighted by Crippen LogP contribution is 2.00. The van der Waals surface area contributed by atoms with E-state index in [1.165, 1.54) is 19.1 Å². The third kappa shape index (κ3) is 2.32. The lowest BCUT2D eigenvalue weighted by Crippen LogP contribution is -2.33. The summed E-state index contributed by atoms with van der Waals surface area (Å²) >= 11 is 0. The van der Waals surface area contributed by atoms with Crippen molar-refractivity contribution >= 4 is 11.9 Å². The zero-order chi connectivity index (χ0) is 10.6. The Labute approximate surface area is 80.8 Å². The second-order valence-corrected chi connectivity index (χ2v) is 2.76. The Morgan fingerprint density at radius 3 is 2.86 bits per heavy atom. The van der Waals surface area contributed by atoms with E-state index in [0.717, 1.165) is 5.56 Å². The van der Waals surface area contributed by atoms with E-state index in [4.69, 9.17) is 0 Å². The number of ether oxygens (including phenoxy) is 1. The Morgan fingerprint density at radius 2 is 2.36 bits per heavy atom. The third-order valence-electron chi connectivity index (χ3n) is 1.68. The van der Waals surface area contributed by atoms with E-state index in [9.17, 15) is 9.59 Å². The van der Waals surface area contributed by atoms with Crippen LogP contribution >= 0.6 is 0 Å². The lowest BCUT2D eigenvalue weighted by atomic mass is 10.3. The molecule has 14 heavy (non-hydrogen) atoms. The van der Waals surface area contributed by atoms with Crippen LogP contribution in [0.1, 0.15) is 5.56 Å². The normalized spacial score (nSPS) is 9.57. The smallest absolute Gasteiger partial charge is 0.396 e. The maximum absolute atomic E-state index is 11.2. The Balaban J connectivity index is 2.54. The van der Waals surface area contributed by atoms with Crippen molar-refractivity contribution in [3.8, 4) is 0 Å². The Kier molecular flexibility index (Phi) is 3.22. The quantitative estimate of drug-likeness (QED) is 0.514. The highest BCUT2D eigenvalue weighted by molar-refractivity contribution is 6.32. The van der Waals surface area contributed by atoms with Crippen molar-refractivity contribution in [1.29, 1.82) is 0 Å². The molecule has 0 spiro atoms. The first-order chi connectivity index (χ1) is 6.65. The average molecular weight is 197 g/mol. The number of carbonyl (C=O) groups is 2. The molecule has 0 fully saturated rings. The number of H-pyrrole nitrogens is 1. The number of nitrogens with zero attached hydrogens (tertiary/aromatic N) is 2. The van der Waals surface area contributed by atoms with Crippen molar-refractivity contribution in [3.63, 3.8) is 0 Å². The fourth-order valence-electron chi connectivity index (χ4n) is 0.953. The van der Waals surface area contributed by atoms with E-state index < -0.39 is 11.9 Å². The van der Waals surface area contributed by atoms with Gasteiger partial charge in [-0.1, -0.05) is 0 Å². The van der Waals surface area contributed by atoms with Crippen LogP contribution in [0.3, 0.4) is 0 Å². The topological polar surface area (TPSA) is 75.3 Å². The number of amides is 1. The van der Waals surface area contributed by atoms with Gasteiger partial charge in [0.1, 0.15) is 0 Å². The second-order valence-electron chi connectivity index (χ2n) is 2.76. The predicted molar refractivity (Wildman–Crippen MR) is 47.1 cm³/mol. The van der Waals surface area contributed by atoms with E-state index in [1.54, 1.807) is 12.4 Å². The molecule has 1 rings (SSSR count). The molecule has 1 heterocycles. The zero-order valence-electron chi connectivity index (χ0n) is 7.98. The number of aromatic nitrogens is 2. The maximum Gasteiger partial charge on any atom is 0.396 e. The summed E-state index contributed by atoms with van der Waals surface area (Å²) in [6, 6.07) is 0. The number of aromatic amines is 1. The van der Waals surface area contributed by atoms with Gasteiger partial charge in [-0.05, 0) is 0 Å². The van der Waals surface area contributed by atoms with Crippen LogP contribution in [0.4, 0.5) is 0 Å². The molecule has 0 radical (unpaired) electrons. The summed E-state index contributed by atoms with van der Waals surface area (Å²) in [7, 11) is 2.69. The van der Waals surface area contributed by atoms with Gasteiger partial charge in [0, 0.05) is 25.4 Å². The van der Waals surface area contributed by atoms with Gasteiger partial charge < -0.3 is 9.64 Å². The molecule has 1 N–H and O–H groups in total. The first-order valence-corrected chi connectivity index (χ1v) is 3.96. The van der Waals surface area contributed by atoms with Gasteiger partial charge in [0.15, 0.2) is 0 Å². The average Bonchev–Trinajstić information content (AvgIpc) is 2.68. The van der Waals surface area contributed by atoms with Gasteiger partial charge in [-0.15, -0.1) is 0 Å². The van der Waals surface area contributed by atoms with Crippen molar-refractivity contribution in [2.45, 2.75) is 6.54 Å². The molecule has 0 aliphatic carbocycles. The number of rotatable bonds is 2. The SMILES string of the molecule is COC(=O)C(=O)N(C)Cc1cn[nH]c1. The molecule has 76 valence electrons.